The molecule has 2 aliphatic heterocycles. The second-order valence-electron chi connectivity index (χ2n) is 6.72. The number of benzene rings is 1. The molecule has 1 aromatic carbocycles. The molecule has 0 saturated carbocycles. The number of aromatic nitrogens is 1. The van der Waals surface area contributed by atoms with E-state index in [-0.39, 0.29) is 5.91 Å². The van der Waals surface area contributed by atoms with Gasteiger partial charge in [-0.2, -0.15) is 0 Å². The number of piperidine rings is 1. The lowest BCUT2D eigenvalue weighted by molar-refractivity contribution is -0.121. The number of hydrogen-bond acceptors (Lipinski definition) is 5. The topological polar surface area (TPSA) is 36.4 Å². The third kappa shape index (κ3) is 3.64. The van der Waals surface area contributed by atoms with E-state index in [2.05, 4.69) is 23.6 Å². The van der Waals surface area contributed by atoms with Crippen molar-refractivity contribution in [2.45, 2.75) is 19.3 Å². The van der Waals surface area contributed by atoms with Crippen molar-refractivity contribution < 1.29 is 4.79 Å². The second-order valence-corrected chi connectivity index (χ2v) is 8.40. The molecule has 0 N–H and O–H groups in total. The molecule has 4 rings (SSSR count). The number of nitrogens with zero attached hydrogens (tertiary/aromatic N) is 3. The molecule has 1 amide bonds. The van der Waals surface area contributed by atoms with Crippen LogP contribution in [-0.4, -0.2) is 39.7 Å². The van der Waals surface area contributed by atoms with Gasteiger partial charge in [0.2, 0.25) is 0 Å². The van der Waals surface area contributed by atoms with Gasteiger partial charge in [0, 0.05) is 30.6 Å². The number of para-hydroxylation sites is 1. The summed E-state index contributed by atoms with van der Waals surface area (Å²) in [6, 6.07) is 10.2. The van der Waals surface area contributed by atoms with E-state index in [1.807, 2.05) is 24.3 Å². The van der Waals surface area contributed by atoms with Crippen molar-refractivity contribution in [3.63, 3.8) is 0 Å². The van der Waals surface area contributed by atoms with Crippen LogP contribution in [0.15, 0.2) is 47.9 Å². The molecular weight excluding hydrogens is 374 g/mol. The molecule has 2 aromatic rings. The Morgan fingerprint density at radius 3 is 2.78 bits per heavy atom. The van der Waals surface area contributed by atoms with Crippen molar-refractivity contribution >= 4 is 57.0 Å². The number of anilines is 1. The fourth-order valence-corrected chi connectivity index (χ4v) is 4.78. The number of fused-ring (bicyclic) bond motifs is 1. The lowest BCUT2D eigenvalue weighted by atomic mass is 10.1. The number of thiocarbonyl (C=S) groups is 1. The smallest absolute Gasteiger partial charge is 0.266 e. The lowest BCUT2D eigenvalue weighted by Crippen LogP contribution is -2.31. The summed E-state index contributed by atoms with van der Waals surface area (Å²) in [6.45, 7) is 6.16. The fourth-order valence-electron chi connectivity index (χ4n) is 3.52. The highest BCUT2D eigenvalue weighted by Crippen LogP contribution is 2.35. The summed E-state index contributed by atoms with van der Waals surface area (Å²) in [5, 5.41) is 1.08. The molecule has 0 unspecified atom stereocenters. The van der Waals surface area contributed by atoms with Crippen LogP contribution in [0.4, 0.5) is 5.82 Å². The van der Waals surface area contributed by atoms with Crippen LogP contribution in [0, 0.1) is 0 Å². The molecule has 4 nitrogen and oxygen atoms in total. The first kappa shape index (κ1) is 18.2. The summed E-state index contributed by atoms with van der Waals surface area (Å²) in [7, 11) is 0. The molecule has 0 spiro atoms. The Morgan fingerprint density at radius 1 is 1.22 bits per heavy atom. The molecule has 6 heteroatoms. The van der Waals surface area contributed by atoms with E-state index in [0.717, 1.165) is 35.4 Å². The number of amides is 1. The summed E-state index contributed by atoms with van der Waals surface area (Å²) in [4.78, 5) is 22.2. The molecule has 27 heavy (non-hydrogen) atoms. The van der Waals surface area contributed by atoms with E-state index in [4.69, 9.17) is 17.2 Å². The molecule has 2 fully saturated rings. The Labute approximate surface area is 168 Å². The first-order valence-corrected chi connectivity index (χ1v) is 10.4. The number of hydrogen-bond donors (Lipinski definition) is 0. The average Bonchev–Trinajstić information content (AvgIpc) is 2.96. The third-order valence-electron chi connectivity index (χ3n) is 4.86. The lowest BCUT2D eigenvalue weighted by Gasteiger charge is -2.29. The minimum absolute atomic E-state index is 0.0531. The highest BCUT2D eigenvalue weighted by molar-refractivity contribution is 8.26. The minimum atomic E-state index is -0.0531. The van der Waals surface area contributed by atoms with Gasteiger partial charge in [0.1, 0.15) is 10.1 Å². The van der Waals surface area contributed by atoms with Crippen molar-refractivity contribution in [1.29, 1.82) is 0 Å². The van der Waals surface area contributed by atoms with Crippen LogP contribution >= 0.6 is 24.0 Å². The number of pyridine rings is 1. The van der Waals surface area contributed by atoms with Gasteiger partial charge in [0.15, 0.2) is 0 Å². The first-order chi connectivity index (χ1) is 13.2. The monoisotopic (exact) mass is 395 g/mol. The van der Waals surface area contributed by atoms with Gasteiger partial charge < -0.3 is 4.90 Å². The Bertz CT molecular complexity index is 948. The maximum absolute atomic E-state index is 12.7. The second kappa shape index (κ2) is 7.82. The summed E-state index contributed by atoms with van der Waals surface area (Å²) in [5.74, 6) is 0.907. The number of thioether (sulfide) groups is 1. The molecule has 2 saturated heterocycles. The molecule has 0 atom stereocenters. The summed E-state index contributed by atoms with van der Waals surface area (Å²) < 4.78 is 0.583. The van der Waals surface area contributed by atoms with Gasteiger partial charge in [0.25, 0.3) is 5.91 Å². The molecule has 2 aliphatic rings. The van der Waals surface area contributed by atoms with Gasteiger partial charge in [-0.05, 0) is 37.5 Å². The predicted molar refractivity (Wildman–Crippen MR) is 118 cm³/mol. The normalized spacial score (nSPS) is 19.3. The Morgan fingerprint density at radius 2 is 2.00 bits per heavy atom. The molecule has 0 aliphatic carbocycles. The standard InChI is InChI=1S/C21H21N3OS2/c1-2-10-24-20(25)18(27-21(24)26)14-16-13-15-8-4-5-9-17(15)22-19(16)23-11-6-3-7-12-23/h2,4-5,8-9,13-14H,1,3,6-7,10-12H2/b18-14-. The van der Waals surface area contributed by atoms with Crippen molar-refractivity contribution in [3.8, 4) is 0 Å². The SMILES string of the molecule is C=CCN1C(=O)/C(=C/c2cc3ccccc3nc2N2CCCCC2)SC1=S. The minimum Gasteiger partial charge on any atom is -0.356 e. The van der Waals surface area contributed by atoms with Gasteiger partial charge in [-0.1, -0.05) is 48.3 Å². The third-order valence-corrected chi connectivity index (χ3v) is 6.24. The maximum atomic E-state index is 12.7. The molecule has 0 bridgehead atoms. The Kier molecular flexibility index (Phi) is 5.27. The summed E-state index contributed by atoms with van der Waals surface area (Å²) in [5.41, 5.74) is 1.96. The quantitative estimate of drug-likeness (QED) is 0.429. The van der Waals surface area contributed by atoms with Crippen molar-refractivity contribution in [2.24, 2.45) is 0 Å². The number of carbonyl (C=O) groups is 1. The van der Waals surface area contributed by atoms with Crippen LogP contribution in [0.3, 0.4) is 0 Å². The van der Waals surface area contributed by atoms with Crippen molar-refractivity contribution in [3.05, 3.63) is 53.5 Å². The fraction of sp³-hybridized carbons (Fsp3) is 0.286. The van der Waals surface area contributed by atoms with Crippen LogP contribution in [0.5, 0.6) is 0 Å². The molecular formula is C21H21N3OS2. The molecule has 3 heterocycles. The van der Waals surface area contributed by atoms with Crippen molar-refractivity contribution in [2.75, 3.05) is 24.5 Å². The van der Waals surface area contributed by atoms with Crippen molar-refractivity contribution in [1.82, 2.24) is 9.88 Å². The summed E-state index contributed by atoms with van der Waals surface area (Å²) in [6.07, 6.45) is 7.26. The van der Waals surface area contributed by atoms with E-state index in [0.29, 0.717) is 15.8 Å². The molecule has 138 valence electrons. The van der Waals surface area contributed by atoms with E-state index < -0.39 is 0 Å². The van der Waals surface area contributed by atoms with Crippen LogP contribution in [0.1, 0.15) is 24.8 Å². The molecule has 0 radical (unpaired) electrons. The van der Waals surface area contributed by atoms with Gasteiger partial charge in [-0.25, -0.2) is 4.98 Å². The first-order valence-electron chi connectivity index (χ1n) is 9.18. The van der Waals surface area contributed by atoms with E-state index in [1.54, 1.807) is 11.0 Å². The van der Waals surface area contributed by atoms with E-state index in [1.165, 1.54) is 31.0 Å². The highest BCUT2D eigenvalue weighted by Gasteiger charge is 2.31. The largest absolute Gasteiger partial charge is 0.356 e. The van der Waals surface area contributed by atoms with Crippen LogP contribution in [-0.2, 0) is 4.79 Å². The van der Waals surface area contributed by atoms with Crippen LogP contribution in [0.25, 0.3) is 17.0 Å². The van der Waals surface area contributed by atoms with E-state index >= 15 is 0 Å². The Hall–Kier alpha value is -2.18. The van der Waals surface area contributed by atoms with E-state index in [9.17, 15) is 4.79 Å². The Balaban J connectivity index is 1.78. The van der Waals surface area contributed by atoms with Crippen LogP contribution < -0.4 is 4.90 Å². The van der Waals surface area contributed by atoms with Gasteiger partial charge in [-0.3, -0.25) is 9.69 Å². The zero-order valence-corrected chi connectivity index (χ0v) is 16.7. The number of carbonyl (C=O) groups excluding carboxylic acids is 1. The highest BCUT2D eigenvalue weighted by atomic mass is 32.2. The average molecular weight is 396 g/mol. The van der Waals surface area contributed by atoms with Gasteiger partial charge in [-0.15, -0.1) is 6.58 Å². The van der Waals surface area contributed by atoms with Gasteiger partial charge >= 0.3 is 0 Å². The summed E-state index contributed by atoms with van der Waals surface area (Å²) >= 11 is 6.72. The van der Waals surface area contributed by atoms with Gasteiger partial charge in [0.05, 0.1) is 10.4 Å². The molecule has 1 aromatic heterocycles. The predicted octanol–water partition coefficient (Wildman–Crippen LogP) is 4.61. The zero-order valence-electron chi connectivity index (χ0n) is 15.1. The zero-order chi connectivity index (χ0) is 18.8. The van der Waals surface area contributed by atoms with Crippen LogP contribution in [0.2, 0.25) is 0 Å². The number of rotatable bonds is 4. The maximum Gasteiger partial charge on any atom is 0.266 e.